The number of phosphoric ester groups is 1. The zero-order valence-corrected chi connectivity index (χ0v) is 31.7. The molecule has 2 aromatic carbocycles. The maximum Gasteiger partial charge on any atom is 0.530 e. The van der Waals surface area contributed by atoms with Crippen LogP contribution >= 0.6 is 7.82 Å². The molecule has 1 amide bonds. The molecule has 1 atom stereocenters. The number of unbranched alkanes of at least 4 members (excludes halogenated alkanes) is 2. The number of para-hydroxylation sites is 1. The topological polar surface area (TPSA) is 102 Å². The standard InChI is InChI=1S/C40H52N3O6P/c1-9-11-20-47-50(45,48-21-12-10-2)49-36-19-15-16-27(3)39(36)40(6,7)26-38(44)43-34-18-14-13-17-30(34)23-35(43)32-25-37(46-8)33(42-32)24-31-28(4)22-29(5)41-31/h13-19,22,24-25,35,41H,9-12,20-21,23,26H2,1-8H3/b33-24+. The van der Waals surface area contributed by atoms with Crippen LogP contribution in [-0.2, 0) is 35.0 Å². The van der Waals surface area contributed by atoms with Gasteiger partial charge in [-0.1, -0.05) is 70.9 Å². The molecule has 1 N–H and O–H groups in total. The molecule has 3 aromatic rings. The molecular weight excluding hydrogens is 649 g/mol. The number of anilines is 1. The van der Waals surface area contributed by atoms with Crippen molar-refractivity contribution in [1.82, 2.24) is 4.98 Å². The van der Waals surface area contributed by atoms with Crippen LogP contribution in [-0.4, -0.2) is 43.0 Å². The molecule has 268 valence electrons. The number of carbonyl (C=O) groups excluding carboxylic acids is 1. The number of H-pyrrole nitrogens is 1. The lowest BCUT2D eigenvalue weighted by molar-refractivity contribution is -0.119. The fourth-order valence-corrected chi connectivity index (χ4v) is 8.11. The average Bonchev–Trinajstić information content (AvgIpc) is 3.75. The predicted molar refractivity (Wildman–Crippen MR) is 201 cm³/mol. The molecule has 0 spiro atoms. The summed E-state index contributed by atoms with van der Waals surface area (Å²) in [6.45, 7) is 14.7. The highest BCUT2D eigenvalue weighted by Gasteiger charge is 2.41. The number of fused-ring (bicyclic) bond motifs is 1. The number of ether oxygens (including phenoxy) is 1. The molecule has 5 rings (SSSR count). The van der Waals surface area contributed by atoms with Gasteiger partial charge in [0, 0.05) is 47.0 Å². The summed E-state index contributed by atoms with van der Waals surface area (Å²) < 4.78 is 37.4. The Morgan fingerprint density at radius 1 is 1.02 bits per heavy atom. The summed E-state index contributed by atoms with van der Waals surface area (Å²) in [6.07, 6.45) is 7.98. The van der Waals surface area contributed by atoms with Gasteiger partial charge in [0.15, 0.2) is 0 Å². The van der Waals surface area contributed by atoms with Crippen molar-refractivity contribution in [2.24, 2.45) is 4.99 Å². The van der Waals surface area contributed by atoms with Crippen LogP contribution < -0.4 is 9.42 Å². The number of aromatic amines is 1. The highest BCUT2D eigenvalue weighted by Crippen LogP contribution is 2.52. The van der Waals surface area contributed by atoms with E-state index in [9.17, 15) is 9.36 Å². The third kappa shape index (κ3) is 8.34. The van der Waals surface area contributed by atoms with Gasteiger partial charge in [-0.15, -0.1) is 0 Å². The summed E-state index contributed by atoms with van der Waals surface area (Å²) in [5.74, 6) is 1.00. The monoisotopic (exact) mass is 701 g/mol. The first-order valence-electron chi connectivity index (χ1n) is 17.7. The van der Waals surface area contributed by atoms with E-state index in [1.807, 2.05) is 88.9 Å². The predicted octanol–water partition coefficient (Wildman–Crippen LogP) is 9.71. The van der Waals surface area contributed by atoms with Gasteiger partial charge in [-0.25, -0.2) is 9.56 Å². The molecule has 3 heterocycles. The number of phosphoric acid groups is 1. The average molecular weight is 702 g/mol. The Morgan fingerprint density at radius 2 is 1.72 bits per heavy atom. The first kappa shape index (κ1) is 37.3. The Kier molecular flexibility index (Phi) is 11.9. The normalized spacial score (nSPS) is 16.8. The van der Waals surface area contributed by atoms with Crippen LogP contribution in [0.2, 0.25) is 0 Å². The van der Waals surface area contributed by atoms with Crippen molar-refractivity contribution in [2.45, 2.75) is 98.4 Å². The van der Waals surface area contributed by atoms with Gasteiger partial charge in [0.25, 0.3) is 0 Å². The molecule has 0 fully saturated rings. The van der Waals surface area contributed by atoms with Gasteiger partial charge in [-0.3, -0.25) is 13.8 Å². The number of aliphatic imine (C=N–C) groups is 1. The number of amides is 1. The Bertz CT molecular complexity index is 1820. The van der Waals surface area contributed by atoms with Crippen LogP contribution in [0.4, 0.5) is 5.69 Å². The maximum atomic E-state index is 14.6. The molecule has 0 saturated heterocycles. The SMILES string of the molecule is CCCCOP(=O)(OCCCC)Oc1cccc(C)c1C(C)(C)CC(=O)N1c2ccccc2CC1C1=N/C(=C/c2[nH]c(C)cc2C)C(OC)=C1. The molecule has 2 aliphatic rings. The molecule has 1 unspecified atom stereocenters. The van der Waals surface area contributed by atoms with Crippen molar-refractivity contribution in [3.05, 3.63) is 99.7 Å². The highest BCUT2D eigenvalue weighted by molar-refractivity contribution is 7.48. The Balaban J connectivity index is 1.46. The number of benzene rings is 2. The molecule has 50 heavy (non-hydrogen) atoms. The highest BCUT2D eigenvalue weighted by atomic mass is 31.2. The van der Waals surface area contributed by atoms with Crippen LogP contribution in [0.5, 0.6) is 5.75 Å². The minimum atomic E-state index is -3.92. The van der Waals surface area contributed by atoms with E-state index in [0.29, 0.717) is 23.6 Å². The minimum Gasteiger partial charge on any atom is -0.494 e. The summed E-state index contributed by atoms with van der Waals surface area (Å²) in [5.41, 5.74) is 7.61. The zero-order valence-electron chi connectivity index (χ0n) is 30.8. The van der Waals surface area contributed by atoms with Gasteiger partial charge >= 0.3 is 7.82 Å². The first-order valence-corrected chi connectivity index (χ1v) is 19.2. The van der Waals surface area contributed by atoms with Gasteiger partial charge < -0.3 is 19.1 Å². The largest absolute Gasteiger partial charge is 0.530 e. The number of nitrogens with zero attached hydrogens (tertiary/aromatic N) is 2. The van der Waals surface area contributed by atoms with Crippen molar-refractivity contribution in [1.29, 1.82) is 0 Å². The maximum absolute atomic E-state index is 14.6. The summed E-state index contributed by atoms with van der Waals surface area (Å²) in [5, 5.41) is 0. The second kappa shape index (κ2) is 16.0. The first-order chi connectivity index (χ1) is 23.9. The van der Waals surface area contributed by atoms with Gasteiger partial charge in [0.05, 0.1) is 32.1 Å². The quantitative estimate of drug-likeness (QED) is 0.118. The van der Waals surface area contributed by atoms with Crippen molar-refractivity contribution >= 4 is 31.2 Å². The van der Waals surface area contributed by atoms with E-state index < -0.39 is 13.2 Å². The third-order valence-corrected chi connectivity index (χ3v) is 10.7. The summed E-state index contributed by atoms with van der Waals surface area (Å²) >= 11 is 0. The van der Waals surface area contributed by atoms with Crippen LogP contribution in [0.25, 0.3) is 6.08 Å². The number of aryl methyl sites for hydroxylation is 3. The fraction of sp³-hybridized carbons (Fsp3) is 0.450. The van der Waals surface area contributed by atoms with Crippen molar-refractivity contribution in [3.8, 4) is 5.75 Å². The van der Waals surface area contributed by atoms with Crippen LogP contribution in [0.3, 0.4) is 0 Å². The van der Waals surface area contributed by atoms with E-state index in [4.69, 9.17) is 23.3 Å². The van der Waals surface area contributed by atoms with E-state index >= 15 is 0 Å². The molecule has 0 aliphatic carbocycles. The number of nitrogens with one attached hydrogen (secondary N) is 1. The fourth-order valence-electron chi connectivity index (χ4n) is 6.83. The van der Waals surface area contributed by atoms with Crippen LogP contribution in [0, 0.1) is 20.8 Å². The van der Waals surface area contributed by atoms with Gasteiger partial charge in [-0.2, -0.15) is 0 Å². The van der Waals surface area contributed by atoms with Crippen molar-refractivity contribution < 1.29 is 27.7 Å². The molecular formula is C40H52N3O6P. The second-order valence-corrected chi connectivity index (χ2v) is 15.5. The number of methoxy groups -OCH3 is 1. The smallest absolute Gasteiger partial charge is 0.494 e. The molecule has 2 aliphatic heterocycles. The Labute approximate surface area is 297 Å². The lowest BCUT2D eigenvalue weighted by atomic mass is 9.78. The van der Waals surface area contributed by atoms with E-state index in [1.54, 1.807) is 13.2 Å². The number of hydrogen-bond donors (Lipinski definition) is 1. The molecule has 0 bridgehead atoms. The van der Waals surface area contributed by atoms with E-state index in [0.717, 1.165) is 70.7 Å². The third-order valence-electron chi connectivity index (χ3n) is 9.27. The Morgan fingerprint density at radius 3 is 2.36 bits per heavy atom. The van der Waals surface area contributed by atoms with Gasteiger partial charge in [-0.05, 0) is 74.6 Å². The Hall–Kier alpha value is -3.91. The lowest BCUT2D eigenvalue weighted by Crippen LogP contribution is -2.44. The van der Waals surface area contributed by atoms with E-state index in [2.05, 4.69) is 24.0 Å². The van der Waals surface area contributed by atoms with Crippen molar-refractivity contribution in [3.63, 3.8) is 0 Å². The van der Waals surface area contributed by atoms with Crippen molar-refractivity contribution in [2.75, 3.05) is 25.2 Å². The van der Waals surface area contributed by atoms with E-state index in [-0.39, 0.29) is 31.6 Å². The van der Waals surface area contributed by atoms with Gasteiger partial charge in [0.1, 0.15) is 17.2 Å². The number of hydrogen-bond acceptors (Lipinski definition) is 7. The molecule has 0 radical (unpaired) electrons. The molecule has 0 saturated carbocycles. The molecule has 10 heteroatoms. The van der Waals surface area contributed by atoms with E-state index in [1.165, 1.54) is 0 Å². The van der Waals surface area contributed by atoms with Crippen LogP contribution in [0.15, 0.2) is 71.1 Å². The molecule has 1 aromatic heterocycles. The number of aromatic nitrogens is 1. The minimum absolute atomic E-state index is 0.0518. The van der Waals surface area contributed by atoms with Gasteiger partial charge in [0.2, 0.25) is 5.91 Å². The second-order valence-electron chi connectivity index (χ2n) is 13.9. The summed E-state index contributed by atoms with van der Waals surface area (Å²) in [7, 11) is -2.28. The number of rotatable bonds is 16. The van der Waals surface area contributed by atoms with Crippen LogP contribution in [0.1, 0.15) is 93.4 Å². The molecule has 9 nitrogen and oxygen atoms in total. The lowest BCUT2D eigenvalue weighted by Gasteiger charge is -2.33. The summed E-state index contributed by atoms with van der Waals surface area (Å²) in [4.78, 5) is 25.0. The zero-order chi connectivity index (χ0) is 36.1. The summed E-state index contributed by atoms with van der Waals surface area (Å²) in [6, 6.07) is 15.4. The number of carbonyl (C=O) groups is 1.